The molecule has 0 spiro atoms. The zero-order valence-corrected chi connectivity index (χ0v) is 18.4. The van der Waals surface area contributed by atoms with E-state index in [0.29, 0.717) is 25.6 Å². The van der Waals surface area contributed by atoms with Crippen molar-refractivity contribution in [3.63, 3.8) is 0 Å². The zero-order chi connectivity index (χ0) is 21.2. The lowest BCUT2D eigenvalue weighted by molar-refractivity contribution is -0.126. The number of likely N-dealkylation sites (tertiary alicyclic amines) is 1. The number of nitrogens with one attached hydrogen (secondary N) is 2. The van der Waals surface area contributed by atoms with Gasteiger partial charge < -0.3 is 15.4 Å². The van der Waals surface area contributed by atoms with Crippen LogP contribution in [0.4, 0.5) is 5.69 Å². The number of rotatable bonds is 10. The minimum atomic E-state index is -0.00430. The summed E-state index contributed by atoms with van der Waals surface area (Å²) in [6, 6.07) is 8.02. The van der Waals surface area contributed by atoms with E-state index >= 15 is 0 Å². The predicted molar refractivity (Wildman–Crippen MR) is 117 cm³/mol. The summed E-state index contributed by atoms with van der Waals surface area (Å²) in [7, 11) is 0. The molecule has 1 fully saturated rings. The van der Waals surface area contributed by atoms with E-state index in [-0.39, 0.29) is 23.8 Å². The molecule has 0 saturated carbocycles. The van der Waals surface area contributed by atoms with Gasteiger partial charge in [0, 0.05) is 24.8 Å². The highest BCUT2D eigenvalue weighted by molar-refractivity contribution is 5.92. The van der Waals surface area contributed by atoms with Crippen LogP contribution in [-0.4, -0.2) is 55.6 Å². The van der Waals surface area contributed by atoms with Gasteiger partial charge in [-0.2, -0.15) is 0 Å². The molecule has 2 rings (SSSR count). The molecular formula is C23H37N3O3. The number of benzene rings is 1. The minimum Gasteiger partial charge on any atom is -0.379 e. The standard InChI is InChI=1S/C23H37N3O3/c1-17(2)19-6-8-21(9-7-19)25-22(27)16-26-13-10-20(11-14-26)23(28)24-12-5-15-29-18(3)4/h6-9,17-18,20H,5,10-16H2,1-4H3,(H,24,28)(H,25,27). The van der Waals surface area contributed by atoms with Crippen molar-refractivity contribution in [1.82, 2.24) is 10.2 Å². The molecule has 6 nitrogen and oxygen atoms in total. The van der Waals surface area contributed by atoms with Gasteiger partial charge in [0.2, 0.25) is 11.8 Å². The highest BCUT2D eigenvalue weighted by Gasteiger charge is 2.25. The maximum absolute atomic E-state index is 12.3. The van der Waals surface area contributed by atoms with E-state index < -0.39 is 0 Å². The molecular weight excluding hydrogens is 366 g/mol. The van der Waals surface area contributed by atoms with E-state index in [9.17, 15) is 9.59 Å². The highest BCUT2D eigenvalue weighted by atomic mass is 16.5. The van der Waals surface area contributed by atoms with Crippen molar-refractivity contribution >= 4 is 17.5 Å². The van der Waals surface area contributed by atoms with Crippen molar-refractivity contribution in [2.75, 3.05) is 38.1 Å². The zero-order valence-electron chi connectivity index (χ0n) is 18.4. The van der Waals surface area contributed by atoms with Crippen LogP contribution in [0.1, 0.15) is 58.4 Å². The fourth-order valence-electron chi connectivity index (χ4n) is 3.46. The van der Waals surface area contributed by atoms with Crippen LogP contribution < -0.4 is 10.6 Å². The summed E-state index contributed by atoms with van der Waals surface area (Å²) in [5, 5.41) is 5.98. The van der Waals surface area contributed by atoms with Crippen molar-refractivity contribution in [3.8, 4) is 0 Å². The van der Waals surface area contributed by atoms with E-state index in [4.69, 9.17) is 4.74 Å². The number of nitrogens with zero attached hydrogens (tertiary/aromatic N) is 1. The van der Waals surface area contributed by atoms with Gasteiger partial charge in [-0.25, -0.2) is 0 Å². The van der Waals surface area contributed by atoms with Crippen LogP contribution in [0.2, 0.25) is 0 Å². The number of hydrogen-bond donors (Lipinski definition) is 2. The van der Waals surface area contributed by atoms with Crippen LogP contribution >= 0.6 is 0 Å². The molecule has 29 heavy (non-hydrogen) atoms. The third-order valence-corrected chi connectivity index (χ3v) is 5.26. The Bertz CT molecular complexity index is 635. The lowest BCUT2D eigenvalue weighted by atomic mass is 9.96. The number of amides is 2. The molecule has 1 heterocycles. The summed E-state index contributed by atoms with van der Waals surface area (Å²) >= 11 is 0. The summed E-state index contributed by atoms with van der Waals surface area (Å²) in [5.41, 5.74) is 2.09. The lowest BCUT2D eigenvalue weighted by Gasteiger charge is -2.30. The molecule has 1 saturated heterocycles. The van der Waals surface area contributed by atoms with Crippen LogP contribution in [0.25, 0.3) is 0 Å². The quantitative estimate of drug-likeness (QED) is 0.588. The molecule has 0 bridgehead atoms. The molecule has 6 heteroatoms. The van der Waals surface area contributed by atoms with Crippen molar-refractivity contribution in [3.05, 3.63) is 29.8 Å². The largest absolute Gasteiger partial charge is 0.379 e. The number of anilines is 1. The van der Waals surface area contributed by atoms with Crippen LogP contribution in [0.15, 0.2) is 24.3 Å². The second-order valence-corrected chi connectivity index (χ2v) is 8.44. The van der Waals surface area contributed by atoms with Gasteiger partial charge in [0.15, 0.2) is 0 Å². The predicted octanol–water partition coefficient (Wildman–Crippen LogP) is 3.39. The van der Waals surface area contributed by atoms with Crippen molar-refractivity contribution < 1.29 is 14.3 Å². The summed E-state index contributed by atoms with van der Waals surface area (Å²) in [5.74, 6) is 0.648. The monoisotopic (exact) mass is 403 g/mol. The molecule has 0 unspecified atom stereocenters. The minimum absolute atomic E-state index is 0.00430. The normalized spacial score (nSPS) is 15.7. The first kappa shape index (κ1) is 23.4. The maximum atomic E-state index is 12.3. The van der Waals surface area contributed by atoms with Gasteiger partial charge in [-0.1, -0.05) is 26.0 Å². The van der Waals surface area contributed by atoms with Gasteiger partial charge in [0.25, 0.3) is 0 Å². The highest BCUT2D eigenvalue weighted by Crippen LogP contribution is 2.19. The second kappa shape index (κ2) is 11.9. The first-order chi connectivity index (χ1) is 13.8. The fraction of sp³-hybridized carbons (Fsp3) is 0.652. The number of piperidine rings is 1. The molecule has 0 atom stereocenters. The topological polar surface area (TPSA) is 70.7 Å². The molecule has 1 aromatic carbocycles. The fourth-order valence-corrected chi connectivity index (χ4v) is 3.46. The Hall–Kier alpha value is -1.92. The number of hydrogen-bond acceptors (Lipinski definition) is 4. The Morgan fingerprint density at radius 3 is 2.34 bits per heavy atom. The molecule has 1 aromatic rings. The summed E-state index contributed by atoms with van der Waals surface area (Å²) in [6.45, 7) is 11.6. The summed E-state index contributed by atoms with van der Waals surface area (Å²) < 4.78 is 5.48. The second-order valence-electron chi connectivity index (χ2n) is 8.44. The first-order valence-electron chi connectivity index (χ1n) is 10.9. The van der Waals surface area contributed by atoms with E-state index in [1.54, 1.807) is 0 Å². The van der Waals surface area contributed by atoms with Gasteiger partial charge >= 0.3 is 0 Å². The Morgan fingerprint density at radius 1 is 1.10 bits per heavy atom. The van der Waals surface area contributed by atoms with Gasteiger partial charge in [-0.05, 0) is 69.8 Å². The molecule has 0 radical (unpaired) electrons. The van der Waals surface area contributed by atoms with Crippen molar-refractivity contribution in [1.29, 1.82) is 0 Å². The van der Waals surface area contributed by atoms with E-state index in [1.165, 1.54) is 5.56 Å². The van der Waals surface area contributed by atoms with Gasteiger partial charge in [0.1, 0.15) is 0 Å². The average Bonchev–Trinajstić information content (AvgIpc) is 2.68. The molecule has 0 aromatic heterocycles. The Morgan fingerprint density at radius 2 is 1.76 bits per heavy atom. The van der Waals surface area contributed by atoms with E-state index in [2.05, 4.69) is 41.5 Å². The lowest BCUT2D eigenvalue weighted by Crippen LogP contribution is -2.43. The smallest absolute Gasteiger partial charge is 0.238 e. The van der Waals surface area contributed by atoms with Crippen LogP contribution in [0.3, 0.4) is 0 Å². The van der Waals surface area contributed by atoms with Gasteiger partial charge in [-0.3, -0.25) is 14.5 Å². The molecule has 2 N–H and O–H groups in total. The van der Waals surface area contributed by atoms with Gasteiger partial charge in [0.05, 0.1) is 12.6 Å². The van der Waals surface area contributed by atoms with Crippen LogP contribution in [-0.2, 0) is 14.3 Å². The summed E-state index contributed by atoms with van der Waals surface area (Å²) in [6.07, 6.45) is 2.66. The Kier molecular flexibility index (Phi) is 9.61. The Balaban J connectivity index is 1.64. The SMILES string of the molecule is CC(C)OCCCNC(=O)C1CCN(CC(=O)Nc2ccc(C(C)C)cc2)CC1. The van der Waals surface area contributed by atoms with Crippen molar-refractivity contribution in [2.24, 2.45) is 5.92 Å². The van der Waals surface area contributed by atoms with Crippen LogP contribution in [0.5, 0.6) is 0 Å². The average molecular weight is 404 g/mol. The number of carbonyl (C=O) groups is 2. The number of carbonyl (C=O) groups excluding carboxylic acids is 2. The molecule has 162 valence electrons. The molecule has 2 amide bonds. The first-order valence-corrected chi connectivity index (χ1v) is 10.9. The molecule has 1 aliphatic heterocycles. The number of ether oxygens (including phenoxy) is 1. The van der Waals surface area contributed by atoms with Gasteiger partial charge in [-0.15, -0.1) is 0 Å². The van der Waals surface area contributed by atoms with Crippen molar-refractivity contribution in [2.45, 2.75) is 59.0 Å². The van der Waals surface area contributed by atoms with Crippen LogP contribution in [0, 0.1) is 5.92 Å². The Labute approximate surface area is 175 Å². The maximum Gasteiger partial charge on any atom is 0.238 e. The third-order valence-electron chi connectivity index (χ3n) is 5.26. The summed E-state index contributed by atoms with van der Waals surface area (Å²) in [4.78, 5) is 26.7. The third kappa shape index (κ3) is 8.54. The van der Waals surface area contributed by atoms with E-state index in [0.717, 1.165) is 38.0 Å². The molecule has 1 aliphatic rings. The van der Waals surface area contributed by atoms with E-state index in [1.807, 2.05) is 26.0 Å². The molecule has 0 aliphatic carbocycles.